The molecule has 1 aliphatic rings. The zero-order valence-corrected chi connectivity index (χ0v) is 15.4. The maximum Gasteiger partial charge on any atom is 0.253 e. The van der Waals surface area contributed by atoms with Gasteiger partial charge in [0.15, 0.2) is 11.4 Å². The number of para-hydroxylation sites is 1. The average Bonchev–Trinajstić information content (AvgIpc) is 3.35. The van der Waals surface area contributed by atoms with Gasteiger partial charge in [0, 0.05) is 30.1 Å². The Labute approximate surface area is 161 Å². The van der Waals surface area contributed by atoms with Gasteiger partial charge in [0.2, 0.25) is 11.8 Å². The first kappa shape index (κ1) is 18.2. The highest BCUT2D eigenvalue weighted by Gasteiger charge is 2.32. The van der Waals surface area contributed by atoms with Crippen LogP contribution in [0.2, 0.25) is 0 Å². The van der Waals surface area contributed by atoms with E-state index in [9.17, 15) is 14.0 Å². The van der Waals surface area contributed by atoms with Crippen LogP contribution in [0.4, 0.5) is 4.39 Å². The second kappa shape index (κ2) is 7.07. The van der Waals surface area contributed by atoms with Crippen LogP contribution in [0.15, 0.2) is 46.9 Å². The summed E-state index contributed by atoms with van der Waals surface area (Å²) in [4.78, 5) is 30.0. The largest absolute Gasteiger partial charge is 0.436 e. The van der Waals surface area contributed by atoms with Gasteiger partial charge in [0.1, 0.15) is 5.52 Å². The summed E-state index contributed by atoms with van der Waals surface area (Å²) in [7, 11) is 1.74. The smallest absolute Gasteiger partial charge is 0.253 e. The molecule has 0 radical (unpaired) electrons. The van der Waals surface area contributed by atoms with E-state index in [0.717, 1.165) is 6.42 Å². The maximum atomic E-state index is 13.8. The van der Waals surface area contributed by atoms with Crippen LogP contribution in [0.3, 0.4) is 0 Å². The van der Waals surface area contributed by atoms with E-state index < -0.39 is 5.82 Å². The molecule has 0 unspecified atom stereocenters. The van der Waals surface area contributed by atoms with Crippen LogP contribution in [0.25, 0.3) is 22.6 Å². The van der Waals surface area contributed by atoms with Crippen molar-refractivity contribution in [3.05, 3.63) is 53.8 Å². The molecule has 1 aliphatic carbocycles. The van der Waals surface area contributed by atoms with Gasteiger partial charge in [-0.2, -0.15) is 0 Å². The van der Waals surface area contributed by atoms with E-state index in [-0.39, 0.29) is 29.3 Å². The molecular formula is C21H20FN3O3. The van der Waals surface area contributed by atoms with Gasteiger partial charge in [-0.3, -0.25) is 9.59 Å². The molecule has 1 fully saturated rings. The molecule has 2 amide bonds. The van der Waals surface area contributed by atoms with Crippen molar-refractivity contribution in [3.63, 3.8) is 0 Å². The number of aromatic nitrogens is 1. The normalized spacial score (nSPS) is 19.1. The number of fused-ring (bicyclic) bond motifs is 1. The summed E-state index contributed by atoms with van der Waals surface area (Å²) in [6, 6.07) is 11.4. The molecule has 2 aromatic carbocycles. The summed E-state index contributed by atoms with van der Waals surface area (Å²) >= 11 is 0. The van der Waals surface area contributed by atoms with Gasteiger partial charge in [0.25, 0.3) is 5.91 Å². The van der Waals surface area contributed by atoms with Crippen LogP contribution >= 0.6 is 0 Å². The van der Waals surface area contributed by atoms with Gasteiger partial charge in [-0.05, 0) is 55.7 Å². The van der Waals surface area contributed by atoms with Gasteiger partial charge in [-0.15, -0.1) is 0 Å². The van der Waals surface area contributed by atoms with Gasteiger partial charge in [0.05, 0.1) is 0 Å². The molecule has 1 heterocycles. The van der Waals surface area contributed by atoms with E-state index in [4.69, 9.17) is 10.2 Å². The summed E-state index contributed by atoms with van der Waals surface area (Å²) in [5.41, 5.74) is 7.11. The molecule has 1 aromatic heterocycles. The monoisotopic (exact) mass is 381 g/mol. The van der Waals surface area contributed by atoms with Gasteiger partial charge < -0.3 is 15.1 Å². The fourth-order valence-corrected chi connectivity index (χ4v) is 3.73. The molecule has 28 heavy (non-hydrogen) atoms. The van der Waals surface area contributed by atoms with E-state index in [1.807, 2.05) is 0 Å². The summed E-state index contributed by atoms with van der Waals surface area (Å²) in [5.74, 6) is -0.728. The number of carbonyl (C=O) groups excluding carboxylic acids is 2. The number of carbonyl (C=O) groups is 2. The van der Waals surface area contributed by atoms with E-state index in [1.165, 1.54) is 6.07 Å². The van der Waals surface area contributed by atoms with Crippen molar-refractivity contribution in [1.29, 1.82) is 0 Å². The molecule has 2 N–H and O–H groups in total. The molecule has 7 heteroatoms. The number of nitrogens with zero attached hydrogens (tertiary/aromatic N) is 2. The molecule has 0 bridgehead atoms. The number of primary amides is 1. The molecule has 2 atom stereocenters. The first-order valence-corrected chi connectivity index (χ1v) is 9.16. The lowest BCUT2D eigenvalue weighted by atomic mass is 10.1. The van der Waals surface area contributed by atoms with Crippen LogP contribution in [-0.2, 0) is 4.79 Å². The minimum Gasteiger partial charge on any atom is -0.436 e. The summed E-state index contributed by atoms with van der Waals surface area (Å²) in [6.45, 7) is 0. The number of amides is 2. The van der Waals surface area contributed by atoms with Crippen LogP contribution in [-0.4, -0.2) is 34.8 Å². The number of halogens is 1. The van der Waals surface area contributed by atoms with Crippen molar-refractivity contribution in [2.24, 2.45) is 11.7 Å². The van der Waals surface area contributed by atoms with Gasteiger partial charge >= 0.3 is 0 Å². The zero-order chi connectivity index (χ0) is 19.8. The second-order valence-electron chi connectivity index (χ2n) is 7.17. The molecule has 0 saturated heterocycles. The lowest BCUT2D eigenvalue weighted by Gasteiger charge is -2.24. The van der Waals surface area contributed by atoms with Gasteiger partial charge in [-0.25, -0.2) is 9.37 Å². The maximum absolute atomic E-state index is 13.8. The molecule has 4 rings (SSSR count). The van der Waals surface area contributed by atoms with Crippen molar-refractivity contribution >= 4 is 22.9 Å². The SMILES string of the molecule is CN(C(=O)c1ccc(-c2nc3c(F)cccc3o2)cc1)[C@@H]1CC[C@H](C(N)=O)C1. The molecule has 6 nitrogen and oxygen atoms in total. The van der Waals surface area contributed by atoms with Crippen LogP contribution in [0, 0.1) is 11.7 Å². The second-order valence-corrected chi connectivity index (χ2v) is 7.17. The highest BCUT2D eigenvalue weighted by atomic mass is 19.1. The number of oxazole rings is 1. The van der Waals surface area contributed by atoms with Crippen LogP contribution in [0.1, 0.15) is 29.6 Å². The Morgan fingerprint density at radius 3 is 2.57 bits per heavy atom. The Kier molecular flexibility index (Phi) is 4.58. The van der Waals surface area contributed by atoms with Crippen molar-refractivity contribution in [2.45, 2.75) is 25.3 Å². The molecular weight excluding hydrogens is 361 g/mol. The third-order valence-electron chi connectivity index (χ3n) is 5.42. The molecule has 0 aliphatic heterocycles. The van der Waals surface area contributed by atoms with E-state index in [1.54, 1.807) is 48.3 Å². The standard InChI is InChI=1S/C21H20FN3O3/c1-25(15-10-9-14(11-15)19(23)26)21(27)13-7-5-12(6-8-13)20-24-18-16(22)3-2-4-17(18)28-20/h2-8,14-15H,9-11H2,1H3,(H2,23,26)/t14-,15+/m0/s1. The predicted octanol–water partition coefficient (Wildman–Crippen LogP) is 3.36. The Morgan fingerprint density at radius 1 is 1.18 bits per heavy atom. The Hall–Kier alpha value is -3.22. The predicted molar refractivity (Wildman–Crippen MR) is 102 cm³/mol. The number of nitrogens with two attached hydrogens (primary N) is 1. The lowest BCUT2D eigenvalue weighted by molar-refractivity contribution is -0.121. The number of hydrogen-bond acceptors (Lipinski definition) is 4. The Balaban J connectivity index is 1.51. The topological polar surface area (TPSA) is 89.4 Å². The zero-order valence-electron chi connectivity index (χ0n) is 15.4. The quantitative estimate of drug-likeness (QED) is 0.750. The molecule has 0 spiro atoms. The van der Waals surface area contributed by atoms with Crippen molar-refractivity contribution in [1.82, 2.24) is 9.88 Å². The Morgan fingerprint density at radius 2 is 1.93 bits per heavy atom. The fourth-order valence-electron chi connectivity index (χ4n) is 3.73. The lowest BCUT2D eigenvalue weighted by Crippen LogP contribution is -2.36. The van der Waals surface area contributed by atoms with E-state index in [2.05, 4.69) is 4.98 Å². The van der Waals surface area contributed by atoms with Crippen molar-refractivity contribution in [3.8, 4) is 11.5 Å². The first-order chi connectivity index (χ1) is 13.4. The minimum absolute atomic E-state index is 0.00434. The van der Waals surface area contributed by atoms with Gasteiger partial charge in [-0.1, -0.05) is 6.07 Å². The van der Waals surface area contributed by atoms with Crippen LogP contribution < -0.4 is 5.73 Å². The summed E-state index contributed by atoms with van der Waals surface area (Å²) in [5, 5.41) is 0. The highest BCUT2D eigenvalue weighted by Crippen LogP contribution is 2.30. The van der Waals surface area contributed by atoms with Crippen LogP contribution in [0.5, 0.6) is 0 Å². The molecule has 144 valence electrons. The third-order valence-corrected chi connectivity index (χ3v) is 5.42. The number of hydrogen-bond donors (Lipinski definition) is 1. The number of rotatable bonds is 4. The highest BCUT2D eigenvalue weighted by molar-refractivity contribution is 5.94. The molecule has 3 aromatic rings. The van der Waals surface area contributed by atoms with Crippen molar-refractivity contribution < 1.29 is 18.4 Å². The summed E-state index contributed by atoms with van der Waals surface area (Å²) in [6.07, 6.45) is 2.08. The minimum atomic E-state index is -0.438. The van der Waals surface area contributed by atoms with E-state index >= 15 is 0 Å². The average molecular weight is 381 g/mol. The van der Waals surface area contributed by atoms with E-state index in [0.29, 0.717) is 35.4 Å². The molecule has 1 saturated carbocycles. The fraction of sp³-hybridized carbons (Fsp3) is 0.286. The first-order valence-electron chi connectivity index (χ1n) is 9.16. The van der Waals surface area contributed by atoms with Crippen molar-refractivity contribution in [2.75, 3.05) is 7.05 Å². The number of benzene rings is 2. The summed E-state index contributed by atoms with van der Waals surface area (Å²) < 4.78 is 19.4. The third kappa shape index (κ3) is 3.24. The Bertz CT molecular complexity index is 1040.